The highest BCUT2D eigenvalue weighted by Gasteiger charge is 2.04. The summed E-state index contributed by atoms with van der Waals surface area (Å²) in [5, 5.41) is 2.79. The lowest BCUT2D eigenvalue weighted by Crippen LogP contribution is -2.24. The summed E-state index contributed by atoms with van der Waals surface area (Å²) in [5.41, 5.74) is 9.88. The summed E-state index contributed by atoms with van der Waals surface area (Å²) in [4.78, 5) is 11.0. The average molecular weight is 300 g/mol. The van der Waals surface area contributed by atoms with Crippen LogP contribution in [0.15, 0.2) is 48.5 Å². The summed E-state index contributed by atoms with van der Waals surface area (Å²) in [7, 11) is 0. The zero-order valence-corrected chi connectivity index (χ0v) is 12.7. The molecule has 1 unspecified atom stereocenters. The van der Waals surface area contributed by atoms with Gasteiger partial charge in [0.25, 0.3) is 0 Å². The van der Waals surface area contributed by atoms with E-state index in [1.54, 1.807) is 0 Å². The van der Waals surface area contributed by atoms with E-state index in [0.29, 0.717) is 13.0 Å². The second-order valence-electron chi connectivity index (χ2n) is 5.43. The summed E-state index contributed by atoms with van der Waals surface area (Å²) in [6.07, 6.45) is 0.541. The lowest BCUT2D eigenvalue weighted by Gasteiger charge is -2.09. The number of nitrogens with one attached hydrogen (secondary N) is 1. The molecule has 1 amide bonds. The van der Waals surface area contributed by atoms with Gasteiger partial charge in [0.05, 0.1) is 0 Å². The van der Waals surface area contributed by atoms with Crippen LogP contribution in [0.3, 0.4) is 0 Å². The normalized spacial score (nSPS) is 12.0. The number of hydrogen-bond donors (Lipinski definition) is 2. The van der Waals surface area contributed by atoms with E-state index in [1.165, 1.54) is 6.92 Å². The molecule has 0 aromatic heterocycles. The van der Waals surface area contributed by atoms with Crippen molar-refractivity contribution in [1.29, 1.82) is 0 Å². The van der Waals surface area contributed by atoms with Crippen molar-refractivity contribution in [2.45, 2.75) is 25.9 Å². The number of carbonyl (C=O) groups excluding carboxylic acids is 1. The van der Waals surface area contributed by atoms with Gasteiger partial charge in [0.15, 0.2) is 0 Å². The van der Waals surface area contributed by atoms with Crippen molar-refractivity contribution in [3.05, 3.63) is 59.7 Å². The Bertz CT molecular complexity index is 625. The van der Waals surface area contributed by atoms with Gasteiger partial charge in [-0.3, -0.25) is 4.79 Å². The smallest absolute Gasteiger partial charge is 0.217 e. The Kier molecular flexibility index (Phi) is 5.67. The van der Waals surface area contributed by atoms with Crippen molar-refractivity contribution < 1.29 is 9.18 Å². The van der Waals surface area contributed by atoms with Gasteiger partial charge in [-0.25, -0.2) is 4.39 Å². The minimum absolute atomic E-state index is 0.0426. The fourth-order valence-corrected chi connectivity index (χ4v) is 2.28. The number of halogens is 1. The van der Waals surface area contributed by atoms with Gasteiger partial charge >= 0.3 is 0 Å². The van der Waals surface area contributed by atoms with Crippen LogP contribution in [-0.4, -0.2) is 18.6 Å². The summed E-state index contributed by atoms with van der Waals surface area (Å²) >= 11 is 0. The molecular weight excluding hydrogens is 279 g/mol. The number of amides is 1. The van der Waals surface area contributed by atoms with Crippen LogP contribution in [0, 0.1) is 0 Å². The standard InChI is InChI=1S/C18H21FN2O/c1-13(22)21-12-15-3-2-4-17(9-15)16-7-5-14(6-8-16)10-18(20)11-19/h2-9,18H,10-12,20H2,1H3,(H,21,22). The Morgan fingerprint density at radius 2 is 1.86 bits per heavy atom. The van der Waals surface area contributed by atoms with E-state index >= 15 is 0 Å². The molecule has 1 atom stereocenters. The van der Waals surface area contributed by atoms with Crippen LogP contribution >= 0.6 is 0 Å². The van der Waals surface area contributed by atoms with E-state index in [2.05, 4.69) is 11.4 Å². The fourth-order valence-electron chi connectivity index (χ4n) is 2.28. The first-order valence-electron chi connectivity index (χ1n) is 7.32. The van der Waals surface area contributed by atoms with E-state index in [0.717, 1.165) is 22.3 Å². The molecule has 0 saturated heterocycles. The topological polar surface area (TPSA) is 55.1 Å². The summed E-state index contributed by atoms with van der Waals surface area (Å²) in [6.45, 7) is 1.52. The molecule has 0 heterocycles. The largest absolute Gasteiger partial charge is 0.352 e. The summed E-state index contributed by atoms with van der Waals surface area (Å²) in [5.74, 6) is -0.0426. The van der Waals surface area contributed by atoms with Gasteiger partial charge < -0.3 is 11.1 Å². The molecule has 2 aromatic rings. The van der Waals surface area contributed by atoms with Crippen LogP contribution < -0.4 is 11.1 Å². The van der Waals surface area contributed by atoms with Gasteiger partial charge in [0, 0.05) is 19.5 Å². The first-order chi connectivity index (χ1) is 10.6. The Morgan fingerprint density at radius 3 is 2.50 bits per heavy atom. The first-order valence-corrected chi connectivity index (χ1v) is 7.32. The minimum atomic E-state index is -0.507. The third-order valence-corrected chi connectivity index (χ3v) is 3.45. The molecule has 3 nitrogen and oxygen atoms in total. The minimum Gasteiger partial charge on any atom is -0.352 e. The first kappa shape index (κ1) is 16.2. The number of alkyl halides is 1. The van der Waals surface area contributed by atoms with Gasteiger partial charge in [-0.1, -0.05) is 42.5 Å². The number of hydrogen-bond acceptors (Lipinski definition) is 2. The van der Waals surface area contributed by atoms with E-state index < -0.39 is 12.7 Å². The van der Waals surface area contributed by atoms with Crippen LogP contribution in [0.5, 0.6) is 0 Å². The molecule has 0 aliphatic heterocycles. The second-order valence-corrected chi connectivity index (χ2v) is 5.43. The van der Waals surface area contributed by atoms with Crippen molar-refractivity contribution in [2.75, 3.05) is 6.67 Å². The number of nitrogens with two attached hydrogens (primary N) is 1. The SMILES string of the molecule is CC(=O)NCc1cccc(-c2ccc(CC(N)CF)cc2)c1. The van der Waals surface area contributed by atoms with Crippen LogP contribution in [0.1, 0.15) is 18.1 Å². The van der Waals surface area contributed by atoms with E-state index in [1.807, 2.05) is 42.5 Å². The van der Waals surface area contributed by atoms with Crippen molar-refractivity contribution in [3.8, 4) is 11.1 Å². The summed E-state index contributed by atoms with van der Waals surface area (Å²) in [6, 6.07) is 15.6. The molecule has 0 spiro atoms. The van der Waals surface area contributed by atoms with Crippen molar-refractivity contribution >= 4 is 5.91 Å². The third-order valence-electron chi connectivity index (χ3n) is 3.45. The van der Waals surface area contributed by atoms with Crippen LogP contribution in [0.2, 0.25) is 0 Å². The fraction of sp³-hybridized carbons (Fsp3) is 0.278. The monoisotopic (exact) mass is 300 g/mol. The maximum absolute atomic E-state index is 12.4. The molecule has 0 bridgehead atoms. The molecule has 0 radical (unpaired) electrons. The van der Waals surface area contributed by atoms with Crippen molar-refractivity contribution in [2.24, 2.45) is 5.73 Å². The van der Waals surface area contributed by atoms with E-state index in [4.69, 9.17) is 5.73 Å². The maximum atomic E-state index is 12.4. The van der Waals surface area contributed by atoms with Gasteiger partial charge in [-0.05, 0) is 34.7 Å². The quantitative estimate of drug-likeness (QED) is 0.862. The predicted octanol–water partition coefficient (Wildman–Crippen LogP) is 2.83. The maximum Gasteiger partial charge on any atom is 0.217 e. The van der Waals surface area contributed by atoms with Crippen LogP contribution in [0.25, 0.3) is 11.1 Å². The summed E-state index contributed by atoms with van der Waals surface area (Å²) < 4.78 is 12.4. The van der Waals surface area contributed by atoms with Crippen molar-refractivity contribution in [3.63, 3.8) is 0 Å². The molecule has 4 heteroatoms. The number of benzene rings is 2. The number of rotatable bonds is 6. The Hall–Kier alpha value is -2.20. The Labute approximate surface area is 130 Å². The highest BCUT2D eigenvalue weighted by Crippen LogP contribution is 2.21. The molecule has 3 N–H and O–H groups in total. The second kappa shape index (κ2) is 7.71. The van der Waals surface area contributed by atoms with Crippen LogP contribution in [0.4, 0.5) is 4.39 Å². The van der Waals surface area contributed by atoms with Gasteiger partial charge in [0.1, 0.15) is 6.67 Å². The van der Waals surface area contributed by atoms with Gasteiger partial charge in [0.2, 0.25) is 5.91 Å². The Morgan fingerprint density at radius 1 is 1.14 bits per heavy atom. The molecule has 0 aliphatic rings. The highest BCUT2D eigenvalue weighted by atomic mass is 19.1. The van der Waals surface area contributed by atoms with Crippen molar-refractivity contribution in [1.82, 2.24) is 5.32 Å². The predicted molar refractivity (Wildman–Crippen MR) is 87.1 cm³/mol. The van der Waals surface area contributed by atoms with E-state index in [9.17, 15) is 9.18 Å². The zero-order valence-electron chi connectivity index (χ0n) is 12.7. The molecule has 22 heavy (non-hydrogen) atoms. The van der Waals surface area contributed by atoms with Gasteiger partial charge in [-0.2, -0.15) is 0 Å². The molecule has 116 valence electrons. The third kappa shape index (κ3) is 4.67. The molecule has 0 saturated carbocycles. The Balaban J connectivity index is 2.11. The average Bonchev–Trinajstić information content (AvgIpc) is 2.54. The van der Waals surface area contributed by atoms with Crippen LogP contribution in [-0.2, 0) is 17.8 Å². The van der Waals surface area contributed by atoms with E-state index in [-0.39, 0.29) is 5.91 Å². The number of carbonyl (C=O) groups is 1. The molecule has 2 aromatic carbocycles. The molecular formula is C18H21FN2O. The molecule has 0 fully saturated rings. The zero-order chi connectivity index (χ0) is 15.9. The van der Waals surface area contributed by atoms with Gasteiger partial charge in [-0.15, -0.1) is 0 Å². The lowest BCUT2D eigenvalue weighted by molar-refractivity contribution is -0.119. The molecule has 0 aliphatic carbocycles. The molecule has 2 rings (SSSR count). The lowest BCUT2D eigenvalue weighted by atomic mass is 10.00. The highest BCUT2D eigenvalue weighted by molar-refractivity contribution is 5.73.